The van der Waals surface area contributed by atoms with E-state index in [1.807, 2.05) is 37.3 Å². The molecule has 156 valence electrons. The van der Waals surface area contributed by atoms with Crippen molar-refractivity contribution in [3.8, 4) is 0 Å². The van der Waals surface area contributed by atoms with Gasteiger partial charge < -0.3 is 15.4 Å². The molecular weight excluding hydrogens is 386 g/mol. The van der Waals surface area contributed by atoms with E-state index in [-0.39, 0.29) is 24.2 Å². The van der Waals surface area contributed by atoms with Crippen LogP contribution in [-0.2, 0) is 14.3 Å². The normalized spacial score (nSPS) is 26.2. The Morgan fingerprint density at radius 1 is 1.28 bits per heavy atom. The van der Waals surface area contributed by atoms with Crippen LogP contribution in [-0.4, -0.2) is 35.9 Å². The number of carbonyl (C=O) groups excluding carboxylic acids is 2. The molecular formula is C22H29N3O3S. The van der Waals surface area contributed by atoms with Gasteiger partial charge in [-0.05, 0) is 24.7 Å². The largest absolute Gasteiger partial charge is 0.458 e. The highest BCUT2D eigenvalue weighted by Gasteiger charge is 2.48. The van der Waals surface area contributed by atoms with Gasteiger partial charge in [0.05, 0.1) is 17.7 Å². The summed E-state index contributed by atoms with van der Waals surface area (Å²) in [6.07, 6.45) is 3.50. The van der Waals surface area contributed by atoms with Crippen molar-refractivity contribution in [2.24, 2.45) is 5.92 Å². The lowest BCUT2D eigenvalue weighted by molar-refractivity contribution is -0.139. The van der Waals surface area contributed by atoms with Crippen LogP contribution < -0.4 is 16.0 Å². The fourth-order valence-corrected chi connectivity index (χ4v) is 4.98. The van der Waals surface area contributed by atoms with Crippen molar-refractivity contribution < 1.29 is 14.3 Å². The van der Waals surface area contributed by atoms with Crippen LogP contribution >= 0.6 is 11.8 Å². The molecule has 0 bridgehead atoms. The molecule has 1 amide bonds. The van der Waals surface area contributed by atoms with E-state index >= 15 is 0 Å². The Morgan fingerprint density at radius 2 is 2.03 bits per heavy atom. The highest BCUT2D eigenvalue weighted by molar-refractivity contribution is 7.99. The van der Waals surface area contributed by atoms with Gasteiger partial charge in [-0.1, -0.05) is 56.3 Å². The minimum Gasteiger partial charge on any atom is -0.458 e. The van der Waals surface area contributed by atoms with E-state index in [9.17, 15) is 9.59 Å². The summed E-state index contributed by atoms with van der Waals surface area (Å²) in [5.74, 6) is -0.369. The molecule has 3 N–H and O–H groups in total. The maximum Gasteiger partial charge on any atom is 0.336 e. The van der Waals surface area contributed by atoms with Crippen molar-refractivity contribution in [1.82, 2.24) is 16.0 Å². The van der Waals surface area contributed by atoms with Gasteiger partial charge in [-0.3, -0.25) is 10.1 Å². The van der Waals surface area contributed by atoms with E-state index in [0.717, 1.165) is 29.9 Å². The van der Waals surface area contributed by atoms with Crippen LogP contribution in [0.2, 0.25) is 0 Å². The molecule has 3 rings (SSSR count). The number of hydrogen-bond donors (Lipinski definition) is 3. The predicted octanol–water partition coefficient (Wildman–Crippen LogP) is 2.86. The summed E-state index contributed by atoms with van der Waals surface area (Å²) in [4.78, 5) is 26.0. The van der Waals surface area contributed by atoms with Crippen molar-refractivity contribution in [3.63, 3.8) is 0 Å². The van der Waals surface area contributed by atoms with Gasteiger partial charge in [0.1, 0.15) is 12.1 Å². The van der Waals surface area contributed by atoms with Crippen LogP contribution in [0, 0.1) is 5.92 Å². The molecule has 4 unspecified atom stereocenters. The van der Waals surface area contributed by atoms with Gasteiger partial charge in [0.25, 0.3) is 0 Å². The summed E-state index contributed by atoms with van der Waals surface area (Å²) in [7, 11) is 0. The number of carbonyl (C=O) groups is 2. The lowest BCUT2D eigenvalue weighted by Crippen LogP contribution is -2.67. The minimum absolute atomic E-state index is 0.0642. The van der Waals surface area contributed by atoms with Crippen LogP contribution in [0.5, 0.6) is 0 Å². The van der Waals surface area contributed by atoms with Crippen molar-refractivity contribution in [2.45, 2.75) is 44.3 Å². The number of esters is 1. The number of benzene rings is 1. The summed E-state index contributed by atoms with van der Waals surface area (Å²) in [6, 6.07) is 9.68. The fraction of sp³-hybridized carbons (Fsp3) is 0.455. The molecule has 2 aliphatic rings. The predicted molar refractivity (Wildman–Crippen MR) is 116 cm³/mol. The zero-order valence-electron chi connectivity index (χ0n) is 16.9. The second-order valence-corrected chi connectivity index (χ2v) is 8.45. The van der Waals surface area contributed by atoms with Crippen molar-refractivity contribution >= 4 is 23.6 Å². The van der Waals surface area contributed by atoms with E-state index < -0.39 is 17.8 Å². The van der Waals surface area contributed by atoms with Crippen LogP contribution in [0.15, 0.2) is 54.3 Å². The lowest BCUT2D eigenvalue weighted by atomic mass is 9.74. The van der Waals surface area contributed by atoms with Gasteiger partial charge in [0.2, 0.25) is 5.91 Å². The Morgan fingerprint density at radius 3 is 2.72 bits per heavy atom. The van der Waals surface area contributed by atoms with Crippen molar-refractivity contribution in [2.75, 3.05) is 12.4 Å². The number of unbranched alkanes of at least 4 members (excludes halogenated alkanes) is 1. The van der Waals surface area contributed by atoms with Gasteiger partial charge >= 0.3 is 5.97 Å². The van der Waals surface area contributed by atoms with Gasteiger partial charge in [-0.15, -0.1) is 11.8 Å². The second-order valence-electron chi connectivity index (χ2n) is 7.24. The van der Waals surface area contributed by atoms with E-state index in [0.29, 0.717) is 5.57 Å². The van der Waals surface area contributed by atoms with Gasteiger partial charge in [-0.25, -0.2) is 4.79 Å². The first kappa shape index (κ1) is 21.5. The number of nitrogens with one attached hydrogen (secondary N) is 3. The third kappa shape index (κ3) is 4.85. The van der Waals surface area contributed by atoms with Crippen LogP contribution in [0.4, 0.5) is 0 Å². The molecule has 1 fully saturated rings. The molecule has 0 spiro atoms. The number of fused-ring (bicyclic) bond motifs is 1. The summed E-state index contributed by atoms with van der Waals surface area (Å²) in [5.41, 5.74) is 1.99. The molecule has 0 saturated carbocycles. The Labute approximate surface area is 176 Å². The Balaban J connectivity index is 1.92. The van der Waals surface area contributed by atoms with Gasteiger partial charge in [0, 0.05) is 11.6 Å². The molecule has 0 radical (unpaired) electrons. The standard InChI is InChI=1S/C22H29N3O3S/c1-4-6-13-29-22-24-19-18(20(26)25-22)17(15-10-8-7-9-11-15)16(14(3)23-19)21(27)28-12-5-2/h5,7-11,17-19,22-24H,2,4,6,12-13H2,1,3H3,(H,25,26). The van der Waals surface area contributed by atoms with Crippen LogP contribution in [0.25, 0.3) is 0 Å². The van der Waals surface area contributed by atoms with Gasteiger partial charge in [-0.2, -0.15) is 0 Å². The van der Waals surface area contributed by atoms with E-state index in [2.05, 4.69) is 29.5 Å². The van der Waals surface area contributed by atoms with Crippen molar-refractivity contribution in [3.05, 3.63) is 59.8 Å². The Bertz CT molecular complexity index is 781. The van der Waals surface area contributed by atoms with Crippen molar-refractivity contribution in [1.29, 1.82) is 0 Å². The number of amides is 1. The Kier molecular flexibility index (Phi) is 7.39. The molecule has 2 heterocycles. The van der Waals surface area contributed by atoms with Gasteiger partial charge in [0.15, 0.2) is 0 Å². The molecule has 0 aromatic heterocycles. The monoisotopic (exact) mass is 415 g/mol. The average molecular weight is 416 g/mol. The number of ether oxygens (including phenoxy) is 1. The summed E-state index contributed by atoms with van der Waals surface area (Å²) < 4.78 is 5.34. The molecule has 7 heteroatoms. The SMILES string of the molecule is C=CCOC(=O)C1=C(C)NC2NC(SCCCC)NC(=O)C2C1c1ccccc1. The first-order chi connectivity index (χ1) is 14.1. The maximum absolute atomic E-state index is 13.1. The van der Waals surface area contributed by atoms with Crippen LogP contribution in [0.3, 0.4) is 0 Å². The summed E-state index contributed by atoms with van der Waals surface area (Å²) in [5, 5.41) is 9.91. The second kappa shape index (κ2) is 9.98. The number of allylic oxidation sites excluding steroid dienone is 1. The van der Waals surface area contributed by atoms with E-state index in [1.165, 1.54) is 6.08 Å². The number of thioether (sulfide) groups is 1. The fourth-order valence-electron chi connectivity index (χ4n) is 3.85. The summed E-state index contributed by atoms with van der Waals surface area (Å²) >= 11 is 1.70. The number of rotatable bonds is 8. The average Bonchev–Trinajstić information content (AvgIpc) is 2.71. The minimum atomic E-state index is -0.463. The molecule has 1 saturated heterocycles. The zero-order valence-corrected chi connectivity index (χ0v) is 17.8. The summed E-state index contributed by atoms with van der Waals surface area (Å²) in [6.45, 7) is 7.75. The highest BCUT2D eigenvalue weighted by atomic mass is 32.2. The molecule has 4 atom stereocenters. The quantitative estimate of drug-likeness (QED) is 0.344. The topological polar surface area (TPSA) is 79.5 Å². The third-order valence-electron chi connectivity index (χ3n) is 5.21. The first-order valence-corrected chi connectivity index (χ1v) is 11.1. The molecule has 6 nitrogen and oxygen atoms in total. The third-order valence-corrected chi connectivity index (χ3v) is 6.32. The highest BCUT2D eigenvalue weighted by Crippen LogP contribution is 2.40. The lowest BCUT2D eigenvalue weighted by Gasteiger charge is -2.45. The van der Waals surface area contributed by atoms with Crippen LogP contribution in [0.1, 0.15) is 38.2 Å². The molecule has 29 heavy (non-hydrogen) atoms. The Hall–Kier alpha value is -2.25. The van der Waals surface area contributed by atoms with E-state index in [4.69, 9.17) is 4.74 Å². The first-order valence-electron chi connectivity index (χ1n) is 10.0. The molecule has 1 aromatic carbocycles. The maximum atomic E-state index is 13.1. The smallest absolute Gasteiger partial charge is 0.336 e. The van der Waals surface area contributed by atoms with E-state index in [1.54, 1.807) is 11.8 Å². The molecule has 2 aliphatic heterocycles. The zero-order chi connectivity index (χ0) is 20.8. The molecule has 0 aliphatic carbocycles. The molecule has 1 aromatic rings. The number of hydrogen-bond acceptors (Lipinski definition) is 6.